The van der Waals surface area contributed by atoms with Crippen molar-refractivity contribution in [3.05, 3.63) is 67.2 Å². The summed E-state index contributed by atoms with van der Waals surface area (Å²) < 4.78 is 16.0. The lowest BCUT2D eigenvalue weighted by Gasteiger charge is -2.03. The summed E-state index contributed by atoms with van der Waals surface area (Å²) in [4.78, 5) is 36.6. The summed E-state index contributed by atoms with van der Waals surface area (Å²) in [7, 11) is 0. The minimum atomic E-state index is -0.679. The van der Waals surface area contributed by atoms with Crippen molar-refractivity contribution in [3.8, 4) is 0 Å². The number of thioether (sulfide) groups is 1. The van der Waals surface area contributed by atoms with E-state index in [0.29, 0.717) is 20.1 Å². The van der Waals surface area contributed by atoms with Crippen molar-refractivity contribution in [3.63, 3.8) is 0 Å². The summed E-state index contributed by atoms with van der Waals surface area (Å²) in [6.45, 7) is -0.277. The zero-order valence-electron chi connectivity index (χ0n) is 13.4. The van der Waals surface area contributed by atoms with Gasteiger partial charge in [-0.05, 0) is 27.6 Å². The van der Waals surface area contributed by atoms with Crippen molar-refractivity contribution in [1.82, 2.24) is 19.7 Å². The van der Waals surface area contributed by atoms with Gasteiger partial charge in [-0.1, -0.05) is 35.2 Å². The lowest BCUT2D eigenvalue weighted by Crippen LogP contribution is -2.32. The highest BCUT2D eigenvalue weighted by atomic mass is 79.9. The highest BCUT2D eigenvalue weighted by Gasteiger charge is 2.12. The van der Waals surface area contributed by atoms with Gasteiger partial charge < -0.3 is 0 Å². The second-order valence-electron chi connectivity index (χ2n) is 5.16. The molecule has 2 heterocycles. The number of nitrogens with one attached hydrogen (secondary N) is 2. The molecule has 0 radical (unpaired) electrons. The van der Waals surface area contributed by atoms with Crippen molar-refractivity contribution in [2.75, 3.05) is 5.32 Å². The number of H-pyrrole nitrogens is 1. The van der Waals surface area contributed by atoms with Gasteiger partial charge in [0, 0.05) is 18.0 Å². The smallest absolute Gasteiger partial charge is 0.299 e. The number of benzene rings is 1. The summed E-state index contributed by atoms with van der Waals surface area (Å²) in [5.41, 5.74) is -0.695. The Balaban J connectivity index is 1.59. The Bertz CT molecular complexity index is 1100. The molecule has 1 aromatic carbocycles. The fourth-order valence-corrected chi connectivity index (χ4v) is 4.15. The Kier molecular flexibility index (Phi) is 6.19. The Morgan fingerprint density at radius 1 is 1.33 bits per heavy atom. The number of hydrogen-bond acceptors (Lipinski definition) is 7. The van der Waals surface area contributed by atoms with E-state index in [1.165, 1.54) is 18.0 Å². The lowest BCUT2D eigenvalue weighted by atomic mass is 10.2. The van der Waals surface area contributed by atoms with Crippen LogP contribution in [0.25, 0.3) is 0 Å². The molecule has 0 saturated heterocycles. The molecule has 0 fully saturated rings. The van der Waals surface area contributed by atoms with Crippen molar-refractivity contribution < 1.29 is 9.18 Å². The van der Waals surface area contributed by atoms with Crippen LogP contribution in [0.2, 0.25) is 0 Å². The van der Waals surface area contributed by atoms with Gasteiger partial charge >= 0.3 is 5.69 Å². The van der Waals surface area contributed by atoms with E-state index >= 15 is 0 Å². The first-order chi connectivity index (χ1) is 12.9. The summed E-state index contributed by atoms with van der Waals surface area (Å²) in [6.07, 6.45) is 1.23. The zero-order valence-corrected chi connectivity index (χ0v) is 16.7. The first-order valence-corrected chi connectivity index (χ1v) is 10.0. The first-order valence-electron chi connectivity index (χ1n) is 7.41. The average molecular weight is 472 g/mol. The number of hydrogen-bond donors (Lipinski definition) is 2. The van der Waals surface area contributed by atoms with E-state index in [0.717, 1.165) is 22.0 Å². The number of anilines is 1. The molecule has 12 heteroatoms. The van der Waals surface area contributed by atoms with E-state index in [1.54, 1.807) is 18.2 Å². The molecule has 2 aromatic heterocycles. The topological polar surface area (TPSA) is 110 Å². The van der Waals surface area contributed by atoms with Crippen LogP contribution < -0.4 is 16.6 Å². The Labute approximate surface area is 168 Å². The minimum Gasteiger partial charge on any atom is -0.299 e. The standard InChI is InChI=1S/C15H11BrFN5O3S2/c16-9-3-1-2-8(12(9)17)7-26-15-21-20-13(27-15)18-11(24)6-22-5-4-10(23)19-14(22)25/h1-5H,6-7H2,(H,18,20,24)(H,19,23,25). The summed E-state index contributed by atoms with van der Waals surface area (Å²) in [5, 5.41) is 10.6. The third-order valence-corrected chi connectivity index (χ3v) is 5.88. The maximum atomic E-state index is 13.9. The maximum Gasteiger partial charge on any atom is 0.328 e. The maximum absolute atomic E-state index is 13.9. The van der Waals surface area contributed by atoms with Gasteiger partial charge in [0.05, 0.1) is 4.47 Å². The number of carbonyl (C=O) groups is 1. The first kappa shape index (κ1) is 19.5. The van der Waals surface area contributed by atoms with Gasteiger partial charge in [-0.2, -0.15) is 0 Å². The van der Waals surface area contributed by atoms with Crippen LogP contribution in [0.15, 0.2) is 48.9 Å². The fraction of sp³-hybridized carbons (Fsp3) is 0.133. The number of nitrogens with zero attached hydrogens (tertiary/aromatic N) is 3. The normalized spacial score (nSPS) is 10.7. The monoisotopic (exact) mass is 471 g/mol. The van der Waals surface area contributed by atoms with Gasteiger partial charge in [0.2, 0.25) is 11.0 Å². The van der Waals surface area contributed by atoms with Crippen LogP contribution in [0.5, 0.6) is 0 Å². The van der Waals surface area contributed by atoms with Gasteiger partial charge in [-0.15, -0.1) is 10.2 Å². The van der Waals surface area contributed by atoms with Gasteiger partial charge in [0.1, 0.15) is 12.4 Å². The van der Waals surface area contributed by atoms with E-state index < -0.39 is 17.2 Å². The van der Waals surface area contributed by atoms with Crippen molar-refractivity contribution in [2.45, 2.75) is 16.6 Å². The molecule has 140 valence electrons. The minimum absolute atomic E-state index is 0.259. The Morgan fingerprint density at radius 3 is 2.93 bits per heavy atom. The third kappa shape index (κ3) is 5.11. The predicted molar refractivity (Wildman–Crippen MR) is 104 cm³/mol. The molecule has 0 bridgehead atoms. The molecule has 8 nitrogen and oxygen atoms in total. The van der Waals surface area contributed by atoms with E-state index in [9.17, 15) is 18.8 Å². The average Bonchev–Trinajstić information content (AvgIpc) is 3.06. The molecule has 0 spiro atoms. The fourth-order valence-electron chi connectivity index (χ4n) is 2.00. The quantitative estimate of drug-likeness (QED) is 0.421. The lowest BCUT2D eigenvalue weighted by molar-refractivity contribution is -0.116. The number of rotatable bonds is 6. The largest absolute Gasteiger partial charge is 0.328 e. The second-order valence-corrected chi connectivity index (χ2v) is 8.22. The van der Waals surface area contributed by atoms with Crippen molar-refractivity contribution in [1.29, 1.82) is 0 Å². The molecule has 0 aliphatic rings. The van der Waals surface area contributed by atoms with Crippen molar-refractivity contribution >= 4 is 50.1 Å². The number of aromatic nitrogens is 4. The van der Waals surface area contributed by atoms with E-state index in [1.807, 2.05) is 0 Å². The summed E-state index contributed by atoms with van der Waals surface area (Å²) >= 11 is 5.57. The number of aromatic amines is 1. The van der Waals surface area contributed by atoms with Crippen LogP contribution in [-0.4, -0.2) is 25.7 Å². The van der Waals surface area contributed by atoms with Crippen LogP contribution in [0.1, 0.15) is 5.56 Å². The molecule has 0 unspecified atom stereocenters. The highest BCUT2D eigenvalue weighted by molar-refractivity contribution is 9.10. The van der Waals surface area contributed by atoms with Crippen LogP contribution in [0.4, 0.5) is 9.52 Å². The molecule has 2 N–H and O–H groups in total. The molecular weight excluding hydrogens is 461 g/mol. The second kappa shape index (κ2) is 8.59. The summed E-state index contributed by atoms with van der Waals surface area (Å²) in [6, 6.07) is 6.19. The molecule has 27 heavy (non-hydrogen) atoms. The number of carbonyl (C=O) groups excluding carboxylic acids is 1. The molecule has 0 aliphatic carbocycles. The zero-order chi connectivity index (χ0) is 19.4. The van der Waals surface area contributed by atoms with Crippen LogP contribution in [0, 0.1) is 5.82 Å². The third-order valence-electron chi connectivity index (χ3n) is 3.25. The predicted octanol–water partition coefficient (Wildman–Crippen LogP) is 2.22. The van der Waals surface area contributed by atoms with Crippen molar-refractivity contribution in [2.24, 2.45) is 0 Å². The van der Waals surface area contributed by atoms with Gasteiger partial charge in [0.25, 0.3) is 5.56 Å². The number of halogens is 2. The van der Waals surface area contributed by atoms with E-state index in [-0.39, 0.29) is 17.5 Å². The molecule has 0 aliphatic heterocycles. The van der Waals surface area contributed by atoms with Crippen LogP contribution in [-0.2, 0) is 17.1 Å². The molecule has 3 rings (SSSR count). The molecule has 1 amide bonds. The number of amides is 1. The molecule has 3 aromatic rings. The SMILES string of the molecule is O=C(Cn1ccc(=O)[nH]c1=O)Nc1nnc(SCc2cccc(Br)c2F)s1. The van der Waals surface area contributed by atoms with Gasteiger partial charge in [0.15, 0.2) is 4.34 Å². The molecule has 0 atom stereocenters. The highest BCUT2D eigenvalue weighted by Crippen LogP contribution is 2.30. The van der Waals surface area contributed by atoms with Gasteiger partial charge in [-0.25, -0.2) is 9.18 Å². The molecular formula is C15H11BrFN5O3S2. The Morgan fingerprint density at radius 2 is 2.15 bits per heavy atom. The van der Waals surface area contributed by atoms with E-state index in [2.05, 4.69) is 36.4 Å². The summed E-state index contributed by atoms with van der Waals surface area (Å²) in [5.74, 6) is -0.454. The van der Waals surface area contributed by atoms with Gasteiger partial charge in [-0.3, -0.25) is 24.5 Å². The van der Waals surface area contributed by atoms with E-state index in [4.69, 9.17) is 0 Å². The van der Waals surface area contributed by atoms with Crippen LogP contribution >= 0.6 is 39.0 Å². The van der Waals surface area contributed by atoms with Crippen LogP contribution in [0.3, 0.4) is 0 Å². The Hall–Kier alpha value is -2.31. The molecule has 0 saturated carbocycles.